The average molecular weight is 573 g/mol. The summed E-state index contributed by atoms with van der Waals surface area (Å²) in [6.45, 7) is 0. The van der Waals surface area contributed by atoms with Crippen molar-refractivity contribution < 1.29 is 83.4 Å². The van der Waals surface area contributed by atoms with Crippen molar-refractivity contribution in [3.8, 4) is 0 Å². The molecule has 0 radical (unpaired) electrons. The van der Waals surface area contributed by atoms with E-state index in [0.29, 0.717) is 0 Å². The Morgan fingerprint density at radius 1 is 0.382 bits per heavy atom. The van der Waals surface area contributed by atoms with Gasteiger partial charge in [-0.05, 0) is 6.04 Å². The predicted molar refractivity (Wildman–Crippen MR) is 73.4 cm³/mol. The minimum atomic E-state index is -8.94. The summed E-state index contributed by atoms with van der Waals surface area (Å²) in [7, 11) is -4.38. The second-order valence-corrected chi connectivity index (χ2v) is 9.56. The highest BCUT2D eigenvalue weighted by Gasteiger charge is 2.96. The minimum absolute atomic E-state index is 1.75. The lowest BCUT2D eigenvalue weighted by molar-refractivity contribution is -0.468. The van der Waals surface area contributed by atoms with Crippen molar-refractivity contribution in [3.63, 3.8) is 0 Å². The van der Waals surface area contributed by atoms with Crippen LogP contribution in [0.5, 0.6) is 0 Å². The van der Waals surface area contributed by atoms with E-state index < -0.39 is 74.6 Å². The molecule has 0 bridgehead atoms. The molecule has 6 N–H and O–H groups in total. The van der Waals surface area contributed by atoms with Crippen molar-refractivity contribution in [2.75, 3.05) is 0 Å². The lowest BCUT2D eigenvalue weighted by atomic mass is 9.87. The van der Waals surface area contributed by atoms with Crippen LogP contribution in [0.1, 0.15) is 6.42 Å². The molecule has 3 nitrogen and oxygen atoms in total. The van der Waals surface area contributed by atoms with E-state index in [9.17, 15) is 83.4 Å². The topological polar surface area (TPSA) is 78.1 Å². The van der Waals surface area contributed by atoms with Crippen LogP contribution in [0, 0.1) is 0 Å². The predicted octanol–water partition coefficient (Wildman–Crippen LogP) is 4.84. The molecule has 0 spiro atoms. The molecular weight excluding hydrogens is 563 g/mol. The summed E-state index contributed by atoms with van der Waals surface area (Å²) in [6.07, 6.45) is -10.7. The van der Waals surface area contributed by atoms with Crippen LogP contribution in [-0.2, 0) is 0 Å². The fourth-order valence-electron chi connectivity index (χ4n) is 1.92. The molecule has 0 aliphatic carbocycles. The van der Waals surface area contributed by atoms with Gasteiger partial charge < -0.3 is 16.2 Å². The summed E-state index contributed by atoms with van der Waals surface area (Å²) >= 11 is 0. The summed E-state index contributed by atoms with van der Waals surface area (Å²) in [5.41, 5.74) is 0. The maximum absolute atomic E-state index is 13.5. The quantitative estimate of drug-likeness (QED) is 0.259. The van der Waals surface area contributed by atoms with Gasteiger partial charge in [0.25, 0.3) is 8.56 Å². The zero-order valence-corrected chi connectivity index (χ0v) is 16.3. The van der Waals surface area contributed by atoms with E-state index in [0.717, 1.165) is 0 Å². The molecule has 0 atom stereocenters. The van der Waals surface area contributed by atoms with E-state index in [4.69, 9.17) is 16.2 Å². The Labute approximate surface area is 175 Å². The van der Waals surface area contributed by atoms with Gasteiger partial charge in [0.2, 0.25) is 0 Å². The third-order valence-electron chi connectivity index (χ3n) is 4.05. The minimum Gasteiger partial charge on any atom is -0.327 e. The molecule has 0 saturated carbocycles. The van der Waals surface area contributed by atoms with Crippen LogP contribution in [0.2, 0.25) is 6.04 Å². The zero-order chi connectivity index (χ0) is 28.4. The van der Waals surface area contributed by atoms with Gasteiger partial charge in [-0.25, -0.2) is 0 Å². The fourth-order valence-corrected chi connectivity index (χ4v) is 2.67. The smallest absolute Gasteiger partial charge is 0.327 e. The van der Waals surface area contributed by atoms with Gasteiger partial charge >= 0.3 is 53.6 Å². The normalized spacial score (nSPS) is 16.8. The Hall–Kier alpha value is -1.23. The Bertz CT molecular complexity index is 737. The summed E-state index contributed by atoms with van der Waals surface area (Å²) < 4.78 is 248. The Kier molecular flexibility index (Phi) is 7.85. The Morgan fingerprint density at radius 2 is 0.618 bits per heavy atom. The number of alkyl halides is 19. The summed E-state index contributed by atoms with van der Waals surface area (Å²) in [6, 6.07) is -1.75. The fraction of sp³-hybridized carbons (Fsp3) is 1.00. The highest BCUT2D eigenvalue weighted by atomic mass is 28.4. The molecule has 34 heavy (non-hydrogen) atoms. The average Bonchev–Trinajstić information content (AvgIpc) is 2.57. The van der Waals surface area contributed by atoms with E-state index in [2.05, 4.69) is 0 Å². The van der Waals surface area contributed by atoms with Gasteiger partial charge in [0.15, 0.2) is 0 Å². The maximum Gasteiger partial charge on any atom is 0.460 e. The molecule has 206 valence electrons. The molecule has 23 heteroatoms. The number of nitrogens with two attached hydrogens (primary N) is 3. The van der Waals surface area contributed by atoms with Crippen molar-refractivity contribution in [1.82, 2.24) is 0 Å². The molecule has 0 amide bonds. The van der Waals surface area contributed by atoms with Crippen molar-refractivity contribution in [1.29, 1.82) is 0 Å². The lowest BCUT2D eigenvalue weighted by Crippen LogP contribution is -2.76. The first kappa shape index (κ1) is 32.8. The first-order chi connectivity index (χ1) is 14.2. The van der Waals surface area contributed by atoms with Gasteiger partial charge in [-0.15, -0.1) is 0 Å². The van der Waals surface area contributed by atoms with Gasteiger partial charge in [-0.3, -0.25) is 0 Å². The highest BCUT2D eigenvalue weighted by molar-refractivity contribution is 6.70. The molecule has 0 aromatic rings. The highest BCUT2D eigenvalue weighted by Crippen LogP contribution is 2.65. The molecule has 0 rings (SSSR count). The standard InChI is InChI=1S/C11H10F19N3Si/c12-3(13,1-2-34(31,32)33)4(14,15)5(16,17)6(18,19)7(20,21)8(22,23)9(24,25)10(26,27)11(28,29)30/h1-2,31-33H2. The molecule has 0 heterocycles. The third-order valence-corrected chi connectivity index (χ3v) is 5.17. The van der Waals surface area contributed by atoms with Crippen molar-refractivity contribution in [2.24, 2.45) is 16.2 Å². The number of hydrogen-bond acceptors (Lipinski definition) is 3. The van der Waals surface area contributed by atoms with E-state index in [1.54, 1.807) is 0 Å². The second-order valence-electron chi connectivity index (χ2n) is 6.84. The van der Waals surface area contributed by atoms with E-state index >= 15 is 0 Å². The first-order valence-corrected chi connectivity index (χ1v) is 10.1. The molecule has 0 unspecified atom stereocenters. The van der Waals surface area contributed by atoms with E-state index in [-0.39, 0.29) is 0 Å². The molecular formula is C11H10F19N3Si. The number of rotatable bonds is 10. The van der Waals surface area contributed by atoms with Crippen LogP contribution in [0.15, 0.2) is 0 Å². The molecule has 0 aliphatic heterocycles. The summed E-state index contributed by atoms with van der Waals surface area (Å²) in [5.74, 6) is -66.7. The molecule has 0 aliphatic rings. The number of halogens is 19. The lowest BCUT2D eigenvalue weighted by Gasteiger charge is -2.43. The maximum atomic E-state index is 13.5. The zero-order valence-electron chi connectivity index (χ0n) is 15.3. The third kappa shape index (κ3) is 4.51. The van der Waals surface area contributed by atoms with Crippen molar-refractivity contribution in [2.45, 2.75) is 66.0 Å². The van der Waals surface area contributed by atoms with Crippen LogP contribution >= 0.6 is 0 Å². The van der Waals surface area contributed by atoms with Crippen LogP contribution in [0.4, 0.5) is 83.4 Å². The molecule has 0 fully saturated rings. The van der Waals surface area contributed by atoms with Gasteiger partial charge in [-0.2, -0.15) is 83.4 Å². The monoisotopic (exact) mass is 573 g/mol. The van der Waals surface area contributed by atoms with Gasteiger partial charge in [0.1, 0.15) is 0 Å². The van der Waals surface area contributed by atoms with Crippen LogP contribution in [-0.4, -0.2) is 62.1 Å². The van der Waals surface area contributed by atoms with Crippen LogP contribution < -0.4 is 16.2 Å². The Morgan fingerprint density at radius 3 is 0.853 bits per heavy atom. The SMILES string of the molecule is N[Si](N)(N)CCC(F)(F)C(F)(F)C(F)(F)C(F)(F)C(F)(F)C(F)(F)C(F)(F)C(F)(F)C(F)(F)F. The first-order valence-electron chi connectivity index (χ1n) is 7.66. The summed E-state index contributed by atoms with van der Waals surface area (Å²) in [5, 5.41) is 14.2. The van der Waals surface area contributed by atoms with E-state index in [1.165, 1.54) is 0 Å². The van der Waals surface area contributed by atoms with Crippen LogP contribution in [0.25, 0.3) is 0 Å². The number of hydrogen-bond donors (Lipinski definition) is 3. The molecule has 0 aromatic heterocycles. The van der Waals surface area contributed by atoms with Gasteiger partial charge in [-0.1, -0.05) is 0 Å². The molecule has 0 aromatic carbocycles. The van der Waals surface area contributed by atoms with Crippen molar-refractivity contribution in [3.05, 3.63) is 0 Å². The van der Waals surface area contributed by atoms with Gasteiger partial charge in [0.05, 0.1) is 0 Å². The largest absolute Gasteiger partial charge is 0.460 e. The van der Waals surface area contributed by atoms with Crippen molar-refractivity contribution >= 4 is 8.56 Å². The summed E-state index contributed by atoms with van der Waals surface area (Å²) in [4.78, 5) is 0. The Balaban J connectivity index is 6.77. The van der Waals surface area contributed by atoms with Gasteiger partial charge in [0, 0.05) is 6.42 Å². The van der Waals surface area contributed by atoms with E-state index in [1.807, 2.05) is 0 Å². The molecule has 0 saturated heterocycles. The second kappa shape index (κ2) is 8.14. The van der Waals surface area contributed by atoms with Crippen LogP contribution in [0.3, 0.4) is 0 Å².